The zero-order valence-electron chi connectivity index (χ0n) is 9.27. The highest BCUT2D eigenvalue weighted by atomic mass is 32.1. The molecule has 0 atom stereocenters. The van der Waals surface area contributed by atoms with Gasteiger partial charge in [-0.1, -0.05) is 13.8 Å². The molecule has 0 aliphatic heterocycles. The summed E-state index contributed by atoms with van der Waals surface area (Å²) in [7, 11) is 0. The molecule has 0 bridgehead atoms. The number of hydrogen-bond donors (Lipinski definition) is 0. The van der Waals surface area contributed by atoms with Crippen molar-refractivity contribution in [2.75, 3.05) is 11.4 Å². The van der Waals surface area contributed by atoms with Crippen molar-refractivity contribution in [3.8, 4) is 0 Å². The van der Waals surface area contributed by atoms with Crippen LogP contribution in [0.1, 0.15) is 36.4 Å². The molecular weight excluding hydrogens is 206 g/mol. The number of carbonyl (C=O) groups is 1. The van der Waals surface area contributed by atoms with Gasteiger partial charge >= 0.3 is 0 Å². The summed E-state index contributed by atoms with van der Waals surface area (Å²) in [6, 6.07) is 2.74. The monoisotopic (exact) mass is 223 g/mol. The summed E-state index contributed by atoms with van der Waals surface area (Å²) in [4.78, 5) is 13.9. The van der Waals surface area contributed by atoms with Crippen LogP contribution >= 0.6 is 11.3 Å². The fourth-order valence-corrected chi connectivity index (χ4v) is 2.50. The van der Waals surface area contributed by atoms with Crippen molar-refractivity contribution in [3.05, 3.63) is 16.3 Å². The SMILES string of the molecule is CC(C)CN(c1csc(C=O)c1)C1CC1. The molecule has 0 saturated heterocycles. The van der Waals surface area contributed by atoms with Gasteiger partial charge in [0.05, 0.1) is 4.88 Å². The number of hydrogen-bond acceptors (Lipinski definition) is 3. The fourth-order valence-electron chi connectivity index (χ4n) is 1.80. The van der Waals surface area contributed by atoms with Crippen LogP contribution in [0.25, 0.3) is 0 Å². The maximum atomic E-state index is 10.6. The molecule has 1 saturated carbocycles. The molecule has 0 N–H and O–H groups in total. The molecular formula is C12H17NOS. The van der Waals surface area contributed by atoms with E-state index in [1.807, 2.05) is 6.07 Å². The van der Waals surface area contributed by atoms with Gasteiger partial charge in [0.1, 0.15) is 0 Å². The van der Waals surface area contributed by atoms with E-state index in [0.717, 1.165) is 23.7 Å². The zero-order valence-corrected chi connectivity index (χ0v) is 10.1. The topological polar surface area (TPSA) is 20.3 Å². The number of rotatable bonds is 5. The van der Waals surface area contributed by atoms with Gasteiger partial charge in [0.15, 0.2) is 6.29 Å². The van der Waals surface area contributed by atoms with Gasteiger partial charge in [0, 0.05) is 23.7 Å². The molecule has 0 spiro atoms. The Morgan fingerprint density at radius 1 is 1.60 bits per heavy atom. The summed E-state index contributed by atoms with van der Waals surface area (Å²) >= 11 is 1.54. The summed E-state index contributed by atoms with van der Waals surface area (Å²) < 4.78 is 0. The summed E-state index contributed by atoms with van der Waals surface area (Å²) in [5.74, 6) is 0.671. The smallest absolute Gasteiger partial charge is 0.160 e. The first kappa shape index (κ1) is 10.7. The van der Waals surface area contributed by atoms with Gasteiger partial charge in [0.25, 0.3) is 0 Å². The predicted molar refractivity (Wildman–Crippen MR) is 64.9 cm³/mol. The number of thiophene rings is 1. The van der Waals surface area contributed by atoms with Gasteiger partial charge in [-0.2, -0.15) is 0 Å². The van der Waals surface area contributed by atoms with Crippen LogP contribution < -0.4 is 4.90 Å². The van der Waals surface area contributed by atoms with Crippen molar-refractivity contribution >= 4 is 23.3 Å². The molecule has 0 unspecified atom stereocenters. The lowest BCUT2D eigenvalue weighted by atomic mass is 10.2. The van der Waals surface area contributed by atoms with E-state index in [9.17, 15) is 4.79 Å². The van der Waals surface area contributed by atoms with Crippen LogP contribution in [0.3, 0.4) is 0 Å². The third kappa shape index (κ3) is 2.59. The Hall–Kier alpha value is -0.830. The normalized spacial score (nSPS) is 15.7. The van der Waals surface area contributed by atoms with Crippen LogP contribution in [0, 0.1) is 5.92 Å². The molecule has 1 aliphatic carbocycles. The Morgan fingerprint density at radius 2 is 2.33 bits per heavy atom. The molecule has 1 aromatic rings. The van der Waals surface area contributed by atoms with E-state index in [1.54, 1.807) is 11.3 Å². The summed E-state index contributed by atoms with van der Waals surface area (Å²) in [6.07, 6.45) is 3.55. The van der Waals surface area contributed by atoms with Crippen LogP contribution in [0.5, 0.6) is 0 Å². The van der Waals surface area contributed by atoms with Gasteiger partial charge in [-0.3, -0.25) is 4.79 Å². The molecule has 0 aromatic carbocycles. The van der Waals surface area contributed by atoms with Crippen LogP contribution in [0.4, 0.5) is 5.69 Å². The lowest BCUT2D eigenvalue weighted by molar-refractivity contribution is 0.112. The van der Waals surface area contributed by atoms with Crippen LogP contribution in [-0.2, 0) is 0 Å². The van der Waals surface area contributed by atoms with E-state index in [0.29, 0.717) is 5.92 Å². The van der Waals surface area contributed by atoms with Crippen molar-refractivity contribution in [2.24, 2.45) is 5.92 Å². The highest BCUT2D eigenvalue weighted by molar-refractivity contribution is 7.12. The molecule has 1 heterocycles. The standard InChI is InChI=1S/C12H17NOS/c1-9(2)6-13(10-3-4-10)11-5-12(7-14)15-8-11/h5,7-10H,3-4,6H2,1-2H3. The first-order valence-corrected chi connectivity index (χ1v) is 6.39. The van der Waals surface area contributed by atoms with Crippen molar-refractivity contribution in [3.63, 3.8) is 0 Å². The average Bonchev–Trinajstić information content (AvgIpc) is 2.92. The van der Waals surface area contributed by atoms with Gasteiger partial charge in [-0.05, 0) is 24.8 Å². The quantitative estimate of drug-likeness (QED) is 0.714. The van der Waals surface area contributed by atoms with Crippen molar-refractivity contribution in [2.45, 2.75) is 32.7 Å². The largest absolute Gasteiger partial charge is 0.368 e. The van der Waals surface area contributed by atoms with Crippen LogP contribution in [-0.4, -0.2) is 18.9 Å². The Kier molecular flexibility index (Phi) is 3.10. The molecule has 1 aromatic heterocycles. The van der Waals surface area contributed by atoms with E-state index in [2.05, 4.69) is 24.1 Å². The number of aldehydes is 1. The summed E-state index contributed by atoms with van der Waals surface area (Å²) in [5, 5.41) is 2.10. The molecule has 1 fully saturated rings. The van der Waals surface area contributed by atoms with Gasteiger partial charge in [0.2, 0.25) is 0 Å². The minimum Gasteiger partial charge on any atom is -0.368 e. The first-order valence-electron chi connectivity index (χ1n) is 5.51. The molecule has 2 nitrogen and oxygen atoms in total. The molecule has 3 heteroatoms. The maximum Gasteiger partial charge on any atom is 0.160 e. The predicted octanol–water partition coefficient (Wildman–Crippen LogP) is 3.19. The molecule has 2 rings (SSSR count). The van der Waals surface area contributed by atoms with E-state index in [1.165, 1.54) is 18.5 Å². The number of anilines is 1. The number of nitrogens with zero attached hydrogens (tertiary/aromatic N) is 1. The minimum absolute atomic E-state index is 0.671. The zero-order chi connectivity index (χ0) is 10.8. The second-order valence-corrected chi connectivity index (χ2v) is 5.55. The fraction of sp³-hybridized carbons (Fsp3) is 0.583. The van der Waals surface area contributed by atoms with Crippen LogP contribution in [0.2, 0.25) is 0 Å². The minimum atomic E-state index is 0.671. The van der Waals surface area contributed by atoms with Crippen molar-refractivity contribution in [1.29, 1.82) is 0 Å². The highest BCUT2D eigenvalue weighted by Gasteiger charge is 2.29. The second-order valence-electron chi connectivity index (χ2n) is 4.60. The average molecular weight is 223 g/mol. The van der Waals surface area contributed by atoms with Gasteiger partial charge < -0.3 is 4.90 Å². The Morgan fingerprint density at radius 3 is 2.80 bits per heavy atom. The van der Waals surface area contributed by atoms with E-state index < -0.39 is 0 Å². The molecule has 15 heavy (non-hydrogen) atoms. The first-order chi connectivity index (χ1) is 7.20. The maximum absolute atomic E-state index is 10.6. The van der Waals surface area contributed by atoms with E-state index in [4.69, 9.17) is 0 Å². The Bertz CT molecular complexity index is 341. The van der Waals surface area contributed by atoms with Crippen molar-refractivity contribution in [1.82, 2.24) is 0 Å². The third-order valence-corrected chi connectivity index (χ3v) is 3.45. The summed E-state index contributed by atoms with van der Waals surface area (Å²) in [5.41, 5.74) is 1.23. The third-order valence-electron chi connectivity index (χ3n) is 2.60. The molecule has 0 amide bonds. The molecule has 0 radical (unpaired) electrons. The van der Waals surface area contributed by atoms with E-state index >= 15 is 0 Å². The van der Waals surface area contributed by atoms with Crippen molar-refractivity contribution < 1.29 is 4.79 Å². The molecule has 82 valence electrons. The van der Waals surface area contributed by atoms with Gasteiger partial charge in [-0.15, -0.1) is 11.3 Å². The lowest BCUT2D eigenvalue weighted by Crippen LogP contribution is -2.29. The van der Waals surface area contributed by atoms with E-state index in [-0.39, 0.29) is 0 Å². The highest BCUT2D eigenvalue weighted by Crippen LogP contribution is 2.34. The summed E-state index contributed by atoms with van der Waals surface area (Å²) in [6.45, 7) is 5.57. The Labute approximate surface area is 94.9 Å². The lowest BCUT2D eigenvalue weighted by Gasteiger charge is -2.25. The molecule has 1 aliphatic rings. The second kappa shape index (κ2) is 4.35. The van der Waals surface area contributed by atoms with Gasteiger partial charge in [-0.25, -0.2) is 0 Å². The van der Waals surface area contributed by atoms with Crippen LogP contribution in [0.15, 0.2) is 11.4 Å². The number of carbonyl (C=O) groups excluding carboxylic acids is 1. The Balaban J connectivity index is 2.12.